The third kappa shape index (κ3) is 4.79. The van der Waals surface area contributed by atoms with E-state index in [2.05, 4.69) is 0 Å². The molecule has 0 spiro atoms. The van der Waals surface area contributed by atoms with Gasteiger partial charge in [-0.05, 0) is 55.7 Å². The number of hydrogen-bond donors (Lipinski definition) is 0. The van der Waals surface area contributed by atoms with Crippen LogP contribution in [0, 0.1) is 0 Å². The Kier molecular flexibility index (Phi) is 7.06. The summed E-state index contributed by atoms with van der Waals surface area (Å²) in [5.74, 6) is -0.280. The number of hydrogen-bond acceptors (Lipinski definition) is 4. The van der Waals surface area contributed by atoms with Crippen LogP contribution in [-0.4, -0.2) is 57.3 Å². The fraction of sp³-hybridized carbons (Fsp3) is 0.409. The highest BCUT2D eigenvalue weighted by atomic mass is 35.5. The van der Waals surface area contributed by atoms with Crippen molar-refractivity contribution < 1.29 is 13.2 Å². The average Bonchev–Trinajstić information content (AvgIpc) is 3.28. The third-order valence-corrected chi connectivity index (χ3v) is 7.59. The number of carbonyl (C=O) groups excluding carboxylic acids is 1. The number of halogens is 1. The van der Waals surface area contributed by atoms with E-state index in [1.807, 2.05) is 50.2 Å². The minimum absolute atomic E-state index is 0.114. The van der Waals surface area contributed by atoms with Crippen molar-refractivity contribution in [1.29, 1.82) is 0 Å². The summed E-state index contributed by atoms with van der Waals surface area (Å²) in [6.45, 7) is 3.82. The van der Waals surface area contributed by atoms with E-state index in [1.54, 1.807) is 4.90 Å². The average molecular weight is 450 g/mol. The lowest BCUT2D eigenvalue weighted by molar-refractivity contribution is 0.0752. The van der Waals surface area contributed by atoms with Crippen molar-refractivity contribution >= 4 is 33.2 Å². The highest BCUT2D eigenvalue weighted by Crippen LogP contribution is 2.26. The zero-order valence-electron chi connectivity index (χ0n) is 17.6. The summed E-state index contributed by atoms with van der Waals surface area (Å²) in [4.78, 5) is 17.0. The molecule has 0 bridgehead atoms. The lowest BCUT2D eigenvalue weighted by atomic mass is 10.1. The van der Waals surface area contributed by atoms with Crippen LogP contribution in [0.15, 0.2) is 47.4 Å². The van der Waals surface area contributed by atoms with E-state index in [4.69, 9.17) is 11.6 Å². The van der Waals surface area contributed by atoms with E-state index in [9.17, 15) is 13.2 Å². The lowest BCUT2D eigenvalue weighted by Crippen LogP contribution is -2.31. The van der Waals surface area contributed by atoms with E-state index >= 15 is 0 Å². The van der Waals surface area contributed by atoms with Crippen LogP contribution in [0.25, 0.3) is 0 Å². The molecule has 3 rings (SSSR count). The number of benzene rings is 2. The Morgan fingerprint density at radius 1 is 1.07 bits per heavy atom. The summed E-state index contributed by atoms with van der Waals surface area (Å²) in [6.07, 6.45) is 1.71. The number of amides is 1. The maximum absolute atomic E-state index is 13.2. The Morgan fingerprint density at radius 2 is 1.70 bits per heavy atom. The van der Waals surface area contributed by atoms with Gasteiger partial charge in [0.05, 0.1) is 15.5 Å². The van der Waals surface area contributed by atoms with Crippen molar-refractivity contribution in [2.45, 2.75) is 31.2 Å². The molecule has 1 aliphatic heterocycles. The van der Waals surface area contributed by atoms with E-state index in [1.165, 1.54) is 22.5 Å². The van der Waals surface area contributed by atoms with Crippen LogP contribution in [0.3, 0.4) is 0 Å². The first-order chi connectivity index (χ1) is 14.2. The van der Waals surface area contributed by atoms with Crippen LogP contribution in [0.2, 0.25) is 5.02 Å². The predicted octanol–water partition coefficient (Wildman–Crippen LogP) is 3.85. The van der Waals surface area contributed by atoms with Crippen LogP contribution in [0.1, 0.15) is 35.7 Å². The number of rotatable bonds is 7. The van der Waals surface area contributed by atoms with Gasteiger partial charge in [-0.3, -0.25) is 4.79 Å². The van der Waals surface area contributed by atoms with E-state index in [0.29, 0.717) is 26.2 Å². The summed E-state index contributed by atoms with van der Waals surface area (Å²) in [6, 6.07) is 12.4. The molecule has 2 aromatic carbocycles. The zero-order chi connectivity index (χ0) is 21.9. The molecule has 0 saturated carbocycles. The van der Waals surface area contributed by atoms with E-state index < -0.39 is 10.0 Å². The summed E-state index contributed by atoms with van der Waals surface area (Å²) < 4.78 is 27.3. The Morgan fingerprint density at radius 3 is 2.27 bits per heavy atom. The molecule has 2 aromatic rings. The van der Waals surface area contributed by atoms with Crippen molar-refractivity contribution in [3.63, 3.8) is 0 Å². The summed E-state index contributed by atoms with van der Waals surface area (Å²) in [7, 11) is 0.332. The second-order valence-electron chi connectivity index (χ2n) is 7.63. The quantitative estimate of drug-likeness (QED) is 0.644. The molecule has 0 unspecified atom stereocenters. The molecule has 1 aliphatic rings. The molecule has 8 heteroatoms. The van der Waals surface area contributed by atoms with Crippen LogP contribution in [-0.2, 0) is 16.6 Å². The maximum atomic E-state index is 13.2. The summed E-state index contributed by atoms with van der Waals surface area (Å²) in [5, 5.41) is 0.252. The molecule has 0 aromatic heterocycles. The van der Waals surface area contributed by atoms with Gasteiger partial charge in [0.15, 0.2) is 0 Å². The van der Waals surface area contributed by atoms with Crippen LogP contribution >= 0.6 is 11.6 Å². The highest BCUT2D eigenvalue weighted by Gasteiger charge is 2.29. The molecule has 0 aliphatic carbocycles. The summed E-state index contributed by atoms with van der Waals surface area (Å²) >= 11 is 6.30. The minimum Gasteiger partial charge on any atom is -0.378 e. The Balaban J connectivity index is 1.85. The molecule has 1 saturated heterocycles. The van der Waals surface area contributed by atoms with Crippen LogP contribution in [0.5, 0.6) is 0 Å². The zero-order valence-corrected chi connectivity index (χ0v) is 19.2. The second kappa shape index (κ2) is 9.37. The smallest absolute Gasteiger partial charge is 0.255 e. The molecule has 0 radical (unpaired) electrons. The van der Waals surface area contributed by atoms with E-state index in [0.717, 1.165) is 24.1 Å². The number of anilines is 1. The van der Waals surface area contributed by atoms with Gasteiger partial charge in [0, 0.05) is 46.0 Å². The molecule has 1 fully saturated rings. The largest absolute Gasteiger partial charge is 0.378 e. The first-order valence-corrected chi connectivity index (χ1v) is 11.9. The lowest BCUT2D eigenvalue weighted by Gasteiger charge is -2.23. The standard InChI is InChI=1S/C22H28ClN3O3S/c1-4-25(16-17-7-9-18(10-8-17)24(2)3)22(27)20-15-19(11-12-21(20)23)30(28,29)26-13-5-6-14-26/h7-12,15H,4-6,13-14,16H2,1-3H3. The Labute approximate surface area is 184 Å². The molecular weight excluding hydrogens is 422 g/mol. The van der Waals surface area contributed by atoms with Crippen molar-refractivity contribution in [2.75, 3.05) is 38.6 Å². The van der Waals surface area contributed by atoms with Gasteiger partial charge in [0.25, 0.3) is 5.91 Å². The minimum atomic E-state index is -3.62. The third-order valence-electron chi connectivity index (χ3n) is 5.37. The van der Waals surface area contributed by atoms with Gasteiger partial charge in [0.1, 0.15) is 0 Å². The SMILES string of the molecule is CCN(Cc1ccc(N(C)C)cc1)C(=O)c1cc(S(=O)(=O)N2CCCC2)ccc1Cl. The Hall–Kier alpha value is -2.09. The van der Waals surface area contributed by atoms with Crippen molar-refractivity contribution in [2.24, 2.45) is 0 Å². The molecular formula is C22H28ClN3O3S. The monoisotopic (exact) mass is 449 g/mol. The molecule has 0 N–H and O–H groups in total. The number of carbonyl (C=O) groups is 1. The van der Waals surface area contributed by atoms with Crippen LogP contribution < -0.4 is 4.90 Å². The topological polar surface area (TPSA) is 60.9 Å². The van der Waals surface area contributed by atoms with E-state index in [-0.39, 0.29) is 21.4 Å². The Bertz CT molecular complexity index is 1000. The molecule has 1 amide bonds. The van der Waals surface area contributed by atoms with Gasteiger partial charge in [-0.1, -0.05) is 23.7 Å². The predicted molar refractivity (Wildman–Crippen MR) is 121 cm³/mol. The molecule has 1 heterocycles. The number of sulfonamides is 1. The first kappa shape index (κ1) is 22.6. The van der Waals surface area contributed by atoms with Crippen molar-refractivity contribution in [1.82, 2.24) is 9.21 Å². The van der Waals surface area contributed by atoms with Gasteiger partial charge in [0.2, 0.25) is 10.0 Å². The van der Waals surface area contributed by atoms with Crippen molar-refractivity contribution in [3.8, 4) is 0 Å². The fourth-order valence-corrected chi connectivity index (χ4v) is 5.27. The summed E-state index contributed by atoms with van der Waals surface area (Å²) in [5.41, 5.74) is 2.28. The molecule has 6 nitrogen and oxygen atoms in total. The van der Waals surface area contributed by atoms with Gasteiger partial charge in [-0.2, -0.15) is 4.31 Å². The van der Waals surface area contributed by atoms with Gasteiger partial charge in [-0.25, -0.2) is 8.42 Å². The van der Waals surface area contributed by atoms with Gasteiger partial charge >= 0.3 is 0 Å². The highest BCUT2D eigenvalue weighted by molar-refractivity contribution is 7.89. The molecule has 30 heavy (non-hydrogen) atoms. The fourth-order valence-electron chi connectivity index (χ4n) is 3.52. The number of nitrogens with zero attached hydrogens (tertiary/aromatic N) is 3. The molecule has 162 valence electrons. The first-order valence-electron chi connectivity index (χ1n) is 10.1. The van der Waals surface area contributed by atoms with Gasteiger partial charge < -0.3 is 9.80 Å². The normalized spacial score (nSPS) is 14.7. The van der Waals surface area contributed by atoms with Crippen molar-refractivity contribution in [3.05, 3.63) is 58.6 Å². The van der Waals surface area contributed by atoms with Crippen LogP contribution in [0.4, 0.5) is 5.69 Å². The van der Waals surface area contributed by atoms with Gasteiger partial charge in [-0.15, -0.1) is 0 Å². The second-order valence-corrected chi connectivity index (χ2v) is 9.98. The maximum Gasteiger partial charge on any atom is 0.255 e. The molecule has 0 atom stereocenters.